The Morgan fingerprint density at radius 3 is 2.59 bits per heavy atom. The van der Waals surface area contributed by atoms with E-state index in [9.17, 15) is 4.79 Å². The van der Waals surface area contributed by atoms with Crippen LogP contribution in [-0.2, 0) is 11.2 Å². The number of carbonyl (C=O) groups excluding carboxylic acids is 1. The highest BCUT2D eigenvalue weighted by Gasteiger charge is 2.17. The molecule has 22 heavy (non-hydrogen) atoms. The van der Waals surface area contributed by atoms with Gasteiger partial charge in [-0.25, -0.2) is 0 Å². The molecule has 4 N–H and O–H groups in total. The van der Waals surface area contributed by atoms with Crippen molar-refractivity contribution >= 4 is 40.1 Å². The van der Waals surface area contributed by atoms with Crippen LogP contribution in [0.25, 0.3) is 11.3 Å². The third-order valence-electron chi connectivity index (χ3n) is 3.40. The lowest BCUT2D eigenvalue weighted by Crippen LogP contribution is -2.27. The summed E-state index contributed by atoms with van der Waals surface area (Å²) in [7, 11) is 0. The van der Waals surface area contributed by atoms with Crippen LogP contribution in [-0.4, -0.2) is 22.6 Å². The Morgan fingerprint density at radius 2 is 2.05 bits per heavy atom. The van der Waals surface area contributed by atoms with Crippen LogP contribution in [0.1, 0.15) is 19.4 Å². The second kappa shape index (κ2) is 8.31. The van der Waals surface area contributed by atoms with Crippen molar-refractivity contribution in [1.29, 1.82) is 0 Å². The number of H-pyrrole nitrogens is 1. The summed E-state index contributed by atoms with van der Waals surface area (Å²) in [5.41, 5.74) is 8.48. The van der Waals surface area contributed by atoms with Gasteiger partial charge in [-0.3, -0.25) is 9.89 Å². The molecule has 120 valence electrons. The molecule has 7 heteroatoms. The van der Waals surface area contributed by atoms with Crippen LogP contribution < -0.4 is 11.1 Å². The Hall–Kier alpha value is -1.37. The van der Waals surface area contributed by atoms with Crippen LogP contribution in [0.15, 0.2) is 28.7 Å². The number of aromatic amines is 1. The Labute approximate surface area is 144 Å². The van der Waals surface area contributed by atoms with Gasteiger partial charge in [-0.1, -0.05) is 41.9 Å². The summed E-state index contributed by atoms with van der Waals surface area (Å²) >= 11 is 3.42. The smallest absolute Gasteiger partial charge is 0.229 e. The van der Waals surface area contributed by atoms with Gasteiger partial charge in [-0.15, -0.1) is 12.4 Å². The molecule has 1 heterocycles. The molecule has 0 aliphatic carbocycles. The summed E-state index contributed by atoms with van der Waals surface area (Å²) in [6, 6.07) is 7.96. The number of nitrogens with two attached hydrogens (primary N) is 1. The molecule has 0 bridgehead atoms. The molecule has 5 nitrogen and oxygen atoms in total. The highest BCUT2D eigenvalue weighted by atomic mass is 79.9. The normalized spacial score (nSPS) is 11.6. The lowest BCUT2D eigenvalue weighted by atomic mass is 10.1. The first-order chi connectivity index (χ1) is 10.1. The van der Waals surface area contributed by atoms with E-state index in [0.717, 1.165) is 27.7 Å². The van der Waals surface area contributed by atoms with Crippen molar-refractivity contribution in [2.75, 3.05) is 11.9 Å². The van der Waals surface area contributed by atoms with Gasteiger partial charge in [0.2, 0.25) is 5.91 Å². The first kappa shape index (κ1) is 18.7. The van der Waals surface area contributed by atoms with E-state index in [1.54, 1.807) is 6.92 Å². The number of rotatable bonds is 5. The molecule has 2 rings (SSSR count). The van der Waals surface area contributed by atoms with Crippen molar-refractivity contribution in [2.45, 2.75) is 20.3 Å². The molecule has 0 aliphatic heterocycles. The minimum atomic E-state index is -0.234. The quantitative estimate of drug-likeness (QED) is 0.735. The molecule has 0 spiro atoms. The number of hydrogen-bond donors (Lipinski definition) is 3. The number of aromatic nitrogens is 2. The second-order valence-corrected chi connectivity index (χ2v) is 5.83. The zero-order valence-corrected chi connectivity index (χ0v) is 14.9. The van der Waals surface area contributed by atoms with E-state index < -0.39 is 0 Å². The van der Waals surface area contributed by atoms with E-state index in [1.807, 2.05) is 31.2 Å². The maximum absolute atomic E-state index is 12.0. The number of anilines is 1. The lowest BCUT2D eigenvalue weighted by Gasteiger charge is -2.09. The predicted octanol–water partition coefficient (Wildman–Crippen LogP) is 3.36. The number of halogens is 2. The van der Waals surface area contributed by atoms with Crippen LogP contribution in [0.2, 0.25) is 0 Å². The summed E-state index contributed by atoms with van der Waals surface area (Å²) in [5, 5.41) is 10.1. The number of nitrogens with zero attached hydrogens (tertiary/aromatic N) is 1. The van der Waals surface area contributed by atoms with Crippen LogP contribution in [0.5, 0.6) is 0 Å². The minimum absolute atomic E-state index is 0. The van der Waals surface area contributed by atoms with Gasteiger partial charge >= 0.3 is 0 Å². The van der Waals surface area contributed by atoms with Crippen molar-refractivity contribution < 1.29 is 4.79 Å². The summed E-state index contributed by atoms with van der Waals surface area (Å²) in [6.45, 7) is 4.15. The van der Waals surface area contributed by atoms with Crippen molar-refractivity contribution in [1.82, 2.24) is 10.2 Å². The number of hydrogen-bond acceptors (Lipinski definition) is 3. The third-order valence-corrected chi connectivity index (χ3v) is 3.92. The van der Waals surface area contributed by atoms with E-state index in [4.69, 9.17) is 5.73 Å². The second-order valence-electron chi connectivity index (χ2n) is 4.91. The Morgan fingerprint density at radius 1 is 1.41 bits per heavy atom. The van der Waals surface area contributed by atoms with Gasteiger partial charge < -0.3 is 11.1 Å². The fraction of sp³-hybridized carbons (Fsp3) is 0.333. The topological polar surface area (TPSA) is 83.8 Å². The molecular weight excluding hydrogens is 368 g/mol. The molecule has 0 saturated heterocycles. The number of amides is 1. The molecule has 0 fully saturated rings. The molecule has 2 aromatic rings. The maximum atomic E-state index is 12.0. The summed E-state index contributed by atoms with van der Waals surface area (Å²) in [6.07, 6.45) is 0.772. The zero-order valence-electron chi connectivity index (χ0n) is 12.5. The minimum Gasteiger partial charge on any atom is -0.330 e. The number of nitrogens with one attached hydrogen (secondary N) is 2. The first-order valence-corrected chi connectivity index (χ1v) is 7.70. The monoisotopic (exact) mass is 386 g/mol. The van der Waals surface area contributed by atoms with Crippen LogP contribution in [0.4, 0.5) is 5.82 Å². The van der Waals surface area contributed by atoms with Crippen molar-refractivity contribution in [3.63, 3.8) is 0 Å². The highest BCUT2D eigenvalue weighted by Crippen LogP contribution is 2.28. The highest BCUT2D eigenvalue weighted by molar-refractivity contribution is 9.10. The lowest BCUT2D eigenvalue weighted by molar-refractivity contribution is -0.119. The van der Waals surface area contributed by atoms with Gasteiger partial charge in [0.1, 0.15) is 0 Å². The van der Waals surface area contributed by atoms with Gasteiger partial charge in [-0.2, -0.15) is 5.10 Å². The first-order valence-electron chi connectivity index (χ1n) is 6.90. The fourth-order valence-electron chi connectivity index (χ4n) is 2.02. The zero-order chi connectivity index (χ0) is 15.4. The molecule has 1 aromatic heterocycles. The Balaban J connectivity index is 0.00000242. The van der Waals surface area contributed by atoms with E-state index in [1.165, 1.54) is 0 Å². The van der Waals surface area contributed by atoms with Gasteiger partial charge in [0.05, 0.1) is 5.69 Å². The van der Waals surface area contributed by atoms with Gasteiger partial charge in [0.15, 0.2) is 5.82 Å². The predicted molar refractivity (Wildman–Crippen MR) is 95.2 cm³/mol. The standard InChI is InChI=1S/C15H19BrN4O.ClH/c1-3-12-13(10-4-6-11(16)7-5-10)19-20-14(12)18-15(21)9(2)8-17;/h4-7,9H,3,8,17H2,1-2H3,(H2,18,19,20,21);1H. The van der Waals surface area contributed by atoms with Crippen LogP contribution in [0, 0.1) is 5.92 Å². The van der Waals surface area contributed by atoms with Gasteiger partial charge in [-0.05, 0) is 24.1 Å². The fourth-order valence-corrected chi connectivity index (χ4v) is 2.28. The van der Waals surface area contributed by atoms with E-state index in [0.29, 0.717) is 12.4 Å². The van der Waals surface area contributed by atoms with Crippen molar-refractivity contribution in [3.8, 4) is 11.3 Å². The SMILES string of the molecule is CCc1c(NC(=O)C(C)CN)n[nH]c1-c1ccc(Br)cc1.Cl. The Kier molecular flexibility index (Phi) is 7.06. The van der Waals surface area contributed by atoms with Crippen LogP contribution in [0.3, 0.4) is 0 Å². The number of benzene rings is 1. The molecule has 1 unspecified atom stereocenters. The summed E-state index contributed by atoms with van der Waals surface area (Å²) in [4.78, 5) is 12.0. The molecule has 0 saturated carbocycles. The van der Waals surface area contributed by atoms with E-state index in [2.05, 4.69) is 31.4 Å². The number of carbonyl (C=O) groups is 1. The third kappa shape index (κ3) is 4.09. The molecule has 1 atom stereocenters. The molecule has 1 aromatic carbocycles. The van der Waals surface area contributed by atoms with Gasteiger partial charge in [0.25, 0.3) is 0 Å². The summed E-state index contributed by atoms with van der Waals surface area (Å²) in [5.74, 6) is 0.240. The largest absolute Gasteiger partial charge is 0.330 e. The van der Waals surface area contributed by atoms with E-state index >= 15 is 0 Å². The van der Waals surface area contributed by atoms with Crippen molar-refractivity contribution in [2.24, 2.45) is 11.7 Å². The van der Waals surface area contributed by atoms with Crippen molar-refractivity contribution in [3.05, 3.63) is 34.3 Å². The van der Waals surface area contributed by atoms with Gasteiger partial charge in [0, 0.05) is 22.5 Å². The molecule has 0 radical (unpaired) electrons. The molecule has 0 aliphatic rings. The molecule has 1 amide bonds. The average Bonchev–Trinajstić information content (AvgIpc) is 2.89. The van der Waals surface area contributed by atoms with E-state index in [-0.39, 0.29) is 24.2 Å². The average molecular weight is 388 g/mol. The summed E-state index contributed by atoms with van der Waals surface area (Å²) < 4.78 is 1.02. The maximum Gasteiger partial charge on any atom is 0.229 e. The van der Waals surface area contributed by atoms with Crippen LogP contribution >= 0.6 is 28.3 Å². The Bertz CT molecular complexity index is 627. The molecular formula is C15H20BrClN4O.